The topological polar surface area (TPSA) is 138 Å². The number of aliphatic carboxylic acids is 1. The first kappa shape index (κ1) is 23.7. The Morgan fingerprint density at radius 3 is 2.45 bits per heavy atom. The zero-order valence-corrected chi connectivity index (χ0v) is 17.8. The lowest BCUT2D eigenvalue weighted by Crippen LogP contribution is -2.44. The highest BCUT2D eigenvalue weighted by atomic mass is 16.5. The number of para-hydroxylation sites is 1. The maximum atomic E-state index is 12.2. The van der Waals surface area contributed by atoms with Crippen LogP contribution in [0.5, 0.6) is 0 Å². The third-order valence-corrected chi connectivity index (χ3v) is 4.82. The van der Waals surface area contributed by atoms with E-state index in [-0.39, 0.29) is 26.0 Å². The number of hydrogen-bond donors (Lipinski definition) is 4. The Labute approximate surface area is 190 Å². The van der Waals surface area contributed by atoms with Crippen LogP contribution in [0.15, 0.2) is 66.7 Å². The summed E-state index contributed by atoms with van der Waals surface area (Å²) in [6.45, 7) is -0.142. The summed E-state index contributed by atoms with van der Waals surface area (Å²) in [5.41, 5.74) is 2.06. The highest BCUT2D eigenvalue weighted by Crippen LogP contribution is 2.13. The number of pyridine rings is 1. The molecule has 4 N–H and O–H groups in total. The van der Waals surface area contributed by atoms with Crippen molar-refractivity contribution in [2.75, 3.05) is 6.54 Å². The standard InChI is InChI=1S/C24H25N3O6/c28-19(14-25-24(32)33-15-16-6-2-1-3-7-16)13-22(29)27-21(23(30)31)12-18-11-10-17-8-4-5-9-20(17)26-18/h1-11,19,21,28H,12-15H2,(H,25,32)(H,27,29)(H,30,31)/t19-,21+/m1/s1. The second-order valence-electron chi connectivity index (χ2n) is 7.46. The second kappa shape index (κ2) is 11.6. The van der Waals surface area contributed by atoms with Crippen molar-refractivity contribution in [3.05, 3.63) is 78.0 Å². The van der Waals surface area contributed by atoms with Crippen LogP contribution in [0.25, 0.3) is 10.9 Å². The van der Waals surface area contributed by atoms with Gasteiger partial charge in [-0.1, -0.05) is 54.6 Å². The van der Waals surface area contributed by atoms with E-state index in [0.29, 0.717) is 5.69 Å². The summed E-state index contributed by atoms with van der Waals surface area (Å²) >= 11 is 0. The van der Waals surface area contributed by atoms with Crippen molar-refractivity contribution in [1.82, 2.24) is 15.6 Å². The number of aliphatic hydroxyl groups excluding tert-OH is 1. The minimum absolute atomic E-state index is 0.00787. The van der Waals surface area contributed by atoms with Crippen LogP contribution >= 0.6 is 0 Å². The molecule has 0 saturated carbocycles. The van der Waals surface area contributed by atoms with Crippen molar-refractivity contribution in [3.8, 4) is 0 Å². The smallest absolute Gasteiger partial charge is 0.407 e. The number of carbonyl (C=O) groups excluding carboxylic acids is 2. The number of aliphatic hydroxyl groups is 1. The number of aromatic nitrogens is 1. The Balaban J connectivity index is 1.44. The zero-order valence-electron chi connectivity index (χ0n) is 17.8. The van der Waals surface area contributed by atoms with E-state index in [0.717, 1.165) is 16.5 Å². The quantitative estimate of drug-likeness (QED) is 0.370. The van der Waals surface area contributed by atoms with E-state index in [9.17, 15) is 24.6 Å². The number of ether oxygens (including phenoxy) is 1. The SMILES string of the molecule is O=C(C[C@@H](O)CNC(=O)OCc1ccccc1)N[C@@H](Cc1ccc2ccccc2n1)C(=O)O. The zero-order chi connectivity index (χ0) is 23.6. The Kier molecular flexibility index (Phi) is 8.31. The maximum Gasteiger partial charge on any atom is 0.407 e. The van der Waals surface area contributed by atoms with Crippen molar-refractivity contribution < 1.29 is 29.3 Å². The molecule has 33 heavy (non-hydrogen) atoms. The number of amides is 2. The molecule has 0 spiro atoms. The molecule has 3 rings (SSSR count). The third kappa shape index (κ3) is 7.58. The van der Waals surface area contributed by atoms with Gasteiger partial charge in [-0.15, -0.1) is 0 Å². The molecule has 0 aliphatic heterocycles. The first-order valence-corrected chi connectivity index (χ1v) is 10.4. The number of benzene rings is 2. The molecule has 1 heterocycles. The lowest BCUT2D eigenvalue weighted by Gasteiger charge is -2.16. The Morgan fingerprint density at radius 1 is 0.970 bits per heavy atom. The largest absolute Gasteiger partial charge is 0.480 e. The van der Waals surface area contributed by atoms with Crippen molar-refractivity contribution in [1.29, 1.82) is 0 Å². The lowest BCUT2D eigenvalue weighted by atomic mass is 10.1. The van der Waals surface area contributed by atoms with Crippen molar-refractivity contribution in [2.24, 2.45) is 0 Å². The first-order chi connectivity index (χ1) is 15.9. The molecule has 172 valence electrons. The summed E-state index contributed by atoms with van der Waals surface area (Å²) in [7, 11) is 0. The third-order valence-electron chi connectivity index (χ3n) is 4.82. The molecule has 2 amide bonds. The van der Waals surface area contributed by atoms with Crippen LogP contribution in [0, 0.1) is 0 Å². The van der Waals surface area contributed by atoms with Crippen molar-refractivity contribution in [2.45, 2.75) is 31.6 Å². The van der Waals surface area contributed by atoms with Gasteiger partial charge in [0.1, 0.15) is 12.6 Å². The molecule has 0 saturated heterocycles. The number of rotatable bonds is 10. The molecule has 2 aromatic carbocycles. The van der Waals surface area contributed by atoms with Crippen LogP contribution in [0.2, 0.25) is 0 Å². The summed E-state index contributed by atoms with van der Waals surface area (Å²) in [5, 5.41) is 25.2. The van der Waals surface area contributed by atoms with Crippen molar-refractivity contribution >= 4 is 28.9 Å². The van der Waals surface area contributed by atoms with E-state index in [1.165, 1.54) is 0 Å². The number of nitrogens with zero attached hydrogens (tertiary/aromatic N) is 1. The maximum absolute atomic E-state index is 12.2. The van der Waals surface area contributed by atoms with E-state index in [1.54, 1.807) is 18.2 Å². The summed E-state index contributed by atoms with van der Waals surface area (Å²) in [5.74, 6) is -1.87. The minimum Gasteiger partial charge on any atom is -0.480 e. The van der Waals surface area contributed by atoms with Gasteiger partial charge in [-0.2, -0.15) is 0 Å². The average molecular weight is 451 g/mol. The van der Waals surface area contributed by atoms with E-state index < -0.39 is 30.1 Å². The molecule has 0 aliphatic carbocycles. The molecule has 0 aliphatic rings. The molecule has 0 radical (unpaired) electrons. The van der Waals surface area contributed by atoms with Gasteiger partial charge >= 0.3 is 12.1 Å². The number of hydrogen-bond acceptors (Lipinski definition) is 6. The highest BCUT2D eigenvalue weighted by Gasteiger charge is 2.23. The fraction of sp³-hybridized carbons (Fsp3) is 0.250. The number of fused-ring (bicyclic) bond motifs is 1. The molecule has 0 unspecified atom stereocenters. The molecule has 0 fully saturated rings. The molecule has 9 nitrogen and oxygen atoms in total. The van der Waals surface area contributed by atoms with E-state index in [2.05, 4.69) is 15.6 Å². The van der Waals surface area contributed by atoms with Crippen LogP contribution in [0.4, 0.5) is 4.79 Å². The molecular formula is C24H25N3O6. The van der Waals surface area contributed by atoms with Crippen LogP contribution < -0.4 is 10.6 Å². The highest BCUT2D eigenvalue weighted by molar-refractivity contribution is 5.84. The van der Waals surface area contributed by atoms with Crippen LogP contribution in [0.1, 0.15) is 17.7 Å². The number of carboxylic acid groups (broad SMARTS) is 1. The van der Waals surface area contributed by atoms with Gasteiger partial charge in [-0.3, -0.25) is 9.78 Å². The fourth-order valence-electron chi connectivity index (χ4n) is 3.15. The number of nitrogens with one attached hydrogen (secondary N) is 2. The van der Waals surface area contributed by atoms with Gasteiger partial charge in [0.15, 0.2) is 0 Å². The van der Waals surface area contributed by atoms with Gasteiger partial charge in [0.25, 0.3) is 0 Å². The Bertz CT molecular complexity index is 1110. The minimum atomic E-state index is -1.21. The van der Waals surface area contributed by atoms with Crippen molar-refractivity contribution in [3.63, 3.8) is 0 Å². The van der Waals surface area contributed by atoms with Gasteiger partial charge < -0.3 is 25.6 Å². The molecule has 2 atom stereocenters. The summed E-state index contributed by atoms with van der Waals surface area (Å²) in [6.07, 6.45) is -2.33. The predicted octanol–water partition coefficient (Wildman–Crippen LogP) is 2.02. The second-order valence-corrected chi connectivity index (χ2v) is 7.46. The van der Waals surface area contributed by atoms with Crippen LogP contribution in [-0.4, -0.2) is 51.9 Å². The summed E-state index contributed by atoms with van der Waals surface area (Å²) < 4.78 is 5.03. The lowest BCUT2D eigenvalue weighted by molar-refractivity contribution is -0.142. The Hall–Kier alpha value is -3.98. The number of alkyl carbamates (subject to hydrolysis) is 1. The van der Waals surface area contributed by atoms with Gasteiger partial charge in [-0.05, 0) is 17.7 Å². The summed E-state index contributed by atoms with van der Waals surface area (Å²) in [6, 6.07) is 18.9. The summed E-state index contributed by atoms with van der Waals surface area (Å²) in [4.78, 5) is 40.0. The number of carbonyl (C=O) groups is 3. The normalized spacial score (nSPS) is 12.5. The van der Waals surface area contributed by atoms with Crippen LogP contribution in [-0.2, 0) is 27.4 Å². The Morgan fingerprint density at radius 2 is 1.70 bits per heavy atom. The van der Waals surface area contributed by atoms with Crippen LogP contribution in [0.3, 0.4) is 0 Å². The van der Waals surface area contributed by atoms with Gasteiger partial charge in [0.2, 0.25) is 5.91 Å². The average Bonchev–Trinajstić information content (AvgIpc) is 2.81. The molecule has 0 bridgehead atoms. The molecule has 1 aromatic heterocycles. The predicted molar refractivity (Wildman–Crippen MR) is 120 cm³/mol. The van der Waals surface area contributed by atoms with Gasteiger partial charge in [-0.25, -0.2) is 9.59 Å². The van der Waals surface area contributed by atoms with E-state index >= 15 is 0 Å². The van der Waals surface area contributed by atoms with Gasteiger partial charge in [0.05, 0.1) is 18.0 Å². The monoisotopic (exact) mass is 451 g/mol. The number of carboxylic acids is 1. The molecular weight excluding hydrogens is 426 g/mol. The molecule has 3 aromatic rings. The van der Waals surface area contributed by atoms with Gasteiger partial charge in [0, 0.05) is 24.0 Å². The fourth-order valence-corrected chi connectivity index (χ4v) is 3.15. The van der Waals surface area contributed by atoms with E-state index in [4.69, 9.17) is 4.74 Å². The first-order valence-electron chi connectivity index (χ1n) is 10.4. The van der Waals surface area contributed by atoms with E-state index in [1.807, 2.05) is 48.5 Å². The molecule has 9 heteroatoms.